The number of pyridine rings is 1. The summed E-state index contributed by atoms with van der Waals surface area (Å²) < 4.78 is 48.9. The quantitative estimate of drug-likeness (QED) is 0.203. The maximum atomic E-state index is 8.97. The van der Waals surface area contributed by atoms with E-state index in [1.165, 1.54) is 34.5 Å². The van der Waals surface area contributed by atoms with Crippen molar-refractivity contribution in [1.82, 2.24) is 4.98 Å². The molecule has 2 aromatic heterocycles. The molecule has 1 aliphatic carbocycles. The number of nitrogens with zero attached hydrogens (tertiary/aromatic N) is 1. The predicted molar refractivity (Wildman–Crippen MR) is 175 cm³/mol. The van der Waals surface area contributed by atoms with Gasteiger partial charge in [0.25, 0.3) is 0 Å². The summed E-state index contributed by atoms with van der Waals surface area (Å²) >= 11 is 0. The monoisotopic (exact) mass is 544 g/mol. The van der Waals surface area contributed by atoms with E-state index in [0.717, 1.165) is 33.5 Å². The fourth-order valence-electron chi connectivity index (χ4n) is 6.72. The van der Waals surface area contributed by atoms with Crippen LogP contribution in [-0.4, -0.2) is 4.98 Å². The normalized spacial score (nSPS) is 19.0. The molecule has 0 saturated carbocycles. The first-order chi connectivity index (χ1) is 21.3. The molecule has 6 aromatic rings. The molecule has 2 nitrogen and oxygen atoms in total. The topological polar surface area (TPSA) is 26.0 Å². The molecule has 0 amide bonds. The Morgan fingerprint density at radius 2 is 1.51 bits per heavy atom. The van der Waals surface area contributed by atoms with Gasteiger partial charge in [-0.3, -0.25) is 4.98 Å². The summed E-state index contributed by atoms with van der Waals surface area (Å²) in [6, 6.07) is 21.1. The number of furan rings is 1. The molecule has 2 heterocycles. The van der Waals surface area contributed by atoms with Crippen LogP contribution in [0.4, 0.5) is 0 Å². The summed E-state index contributed by atoms with van der Waals surface area (Å²) in [4.78, 5) is 4.57. The smallest absolute Gasteiger partial charge is 0.144 e. The Bertz CT molecular complexity index is 2210. The number of para-hydroxylation sites is 1. The standard InChI is InChI=1S/C39H41NO/c1-23-22-40-34(18-26(23)21-37(2,3)4)28-11-9-10-27-31-16-24-12-13-25-17-32-33(39(7,8)15-14-38(32,5)6)19-29(25)30(24)20-35(31)41-36(27)28/h9-13,16-20,22H,14-15,21H2,1-8H3/i1D3,21D2. The summed E-state index contributed by atoms with van der Waals surface area (Å²) in [5.74, 6) is 0. The van der Waals surface area contributed by atoms with E-state index in [-0.39, 0.29) is 22.0 Å². The van der Waals surface area contributed by atoms with Gasteiger partial charge in [-0.2, -0.15) is 0 Å². The van der Waals surface area contributed by atoms with Gasteiger partial charge in [-0.05, 0) is 116 Å². The van der Waals surface area contributed by atoms with Crippen LogP contribution in [0.5, 0.6) is 0 Å². The van der Waals surface area contributed by atoms with Crippen molar-refractivity contribution in [2.24, 2.45) is 5.41 Å². The van der Waals surface area contributed by atoms with Gasteiger partial charge in [0.1, 0.15) is 11.2 Å². The lowest BCUT2D eigenvalue weighted by atomic mass is 9.62. The minimum absolute atomic E-state index is 0.0696. The SMILES string of the molecule is [2H]C([2H])([2H])c1cnc(-c2cccc3c2oc2cc4c(ccc5cc6c(cc54)C(C)(C)CCC6(C)C)cc23)cc1C([2H])([2H])C(C)(C)C. The van der Waals surface area contributed by atoms with Crippen molar-refractivity contribution >= 4 is 43.5 Å². The van der Waals surface area contributed by atoms with Gasteiger partial charge in [0, 0.05) is 29.4 Å². The first-order valence-corrected chi connectivity index (χ1v) is 14.7. The summed E-state index contributed by atoms with van der Waals surface area (Å²) in [7, 11) is 0. The van der Waals surface area contributed by atoms with Crippen LogP contribution in [0.25, 0.3) is 54.7 Å². The fraction of sp³-hybridized carbons (Fsp3) is 0.359. The van der Waals surface area contributed by atoms with Gasteiger partial charge in [-0.25, -0.2) is 0 Å². The number of fused-ring (bicyclic) bond motifs is 7. The first-order valence-electron chi connectivity index (χ1n) is 17.2. The summed E-state index contributed by atoms with van der Waals surface area (Å²) in [6.45, 7) is 12.3. The Morgan fingerprint density at radius 1 is 0.829 bits per heavy atom. The third-order valence-corrected chi connectivity index (χ3v) is 9.11. The highest BCUT2D eigenvalue weighted by atomic mass is 16.3. The second kappa shape index (κ2) is 8.68. The van der Waals surface area contributed by atoms with Crippen molar-refractivity contribution in [2.45, 2.75) is 85.4 Å². The van der Waals surface area contributed by atoms with Gasteiger partial charge in [-0.1, -0.05) is 78.8 Å². The van der Waals surface area contributed by atoms with Gasteiger partial charge < -0.3 is 4.42 Å². The molecule has 0 atom stereocenters. The summed E-state index contributed by atoms with van der Waals surface area (Å²) in [5, 5.41) is 6.67. The van der Waals surface area contributed by atoms with Gasteiger partial charge in [0.05, 0.1) is 5.69 Å². The van der Waals surface area contributed by atoms with E-state index in [0.29, 0.717) is 16.8 Å². The third kappa shape index (κ3) is 4.26. The molecule has 1 aliphatic rings. The van der Waals surface area contributed by atoms with Crippen molar-refractivity contribution in [1.29, 1.82) is 0 Å². The Morgan fingerprint density at radius 3 is 2.22 bits per heavy atom. The number of hydrogen-bond acceptors (Lipinski definition) is 2. The largest absolute Gasteiger partial charge is 0.455 e. The van der Waals surface area contributed by atoms with Crippen molar-refractivity contribution < 1.29 is 11.3 Å². The van der Waals surface area contributed by atoms with Gasteiger partial charge in [0.15, 0.2) is 0 Å². The lowest BCUT2D eigenvalue weighted by molar-refractivity contribution is 0.332. The van der Waals surface area contributed by atoms with Crippen molar-refractivity contribution in [3.05, 3.63) is 89.1 Å². The van der Waals surface area contributed by atoms with Gasteiger partial charge in [-0.15, -0.1) is 0 Å². The highest BCUT2D eigenvalue weighted by Gasteiger charge is 2.37. The van der Waals surface area contributed by atoms with Crippen LogP contribution in [0.15, 0.2) is 71.3 Å². The minimum atomic E-state index is -2.50. The molecule has 41 heavy (non-hydrogen) atoms. The van der Waals surface area contributed by atoms with Crippen LogP contribution in [0.2, 0.25) is 0 Å². The molecule has 0 N–H and O–H groups in total. The van der Waals surface area contributed by atoms with E-state index in [1.54, 1.807) is 26.8 Å². The second-order valence-corrected chi connectivity index (χ2v) is 14.3. The Kier molecular flexibility index (Phi) is 4.47. The van der Waals surface area contributed by atoms with E-state index >= 15 is 0 Å². The molecule has 0 aliphatic heterocycles. The highest BCUT2D eigenvalue weighted by molar-refractivity contribution is 6.17. The Labute approximate surface area is 250 Å². The van der Waals surface area contributed by atoms with E-state index in [9.17, 15) is 0 Å². The number of hydrogen-bond donors (Lipinski definition) is 0. The van der Waals surface area contributed by atoms with Crippen LogP contribution in [-0.2, 0) is 17.2 Å². The van der Waals surface area contributed by atoms with Gasteiger partial charge in [0.2, 0.25) is 0 Å². The number of rotatable bonds is 2. The van der Waals surface area contributed by atoms with Crippen molar-refractivity contribution in [3.8, 4) is 11.3 Å². The number of benzene rings is 4. The maximum absolute atomic E-state index is 8.97. The molecule has 0 bridgehead atoms. The highest BCUT2D eigenvalue weighted by Crippen LogP contribution is 2.48. The fourth-order valence-corrected chi connectivity index (χ4v) is 6.72. The van der Waals surface area contributed by atoms with Crippen LogP contribution in [0, 0.1) is 12.3 Å². The Balaban J connectivity index is 1.46. The average Bonchev–Trinajstić information content (AvgIpc) is 3.34. The van der Waals surface area contributed by atoms with Crippen molar-refractivity contribution in [2.75, 3.05) is 0 Å². The number of aromatic nitrogens is 1. The third-order valence-electron chi connectivity index (χ3n) is 9.11. The molecule has 0 unspecified atom stereocenters. The molecule has 4 aromatic carbocycles. The Hall–Kier alpha value is -3.65. The molecular formula is C39H41NO. The molecular weight excluding hydrogens is 498 g/mol. The second-order valence-electron chi connectivity index (χ2n) is 14.3. The van der Waals surface area contributed by atoms with Crippen LogP contribution >= 0.6 is 0 Å². The van der Waals surface area contributed by atoms with E-state index < -0.39 is 18.6 Å². The van der Waals surface area contributed by atoms with E-state index in [4.69, 9.17) is 11.3 Å². The maximum Gasteiger partial charge on any atom is 0.144 e. The zero-order valence-corrected chi connectivity index (χ0v) is 25.1. The summed E-state index contributed by atoms with van der Waals surface area (Å²) in [6.07, 6.45) is 1.72. The zero-order chi connectivity index (χ0) is 33.2. The molecule has 0 fully saturated rings. The van der Waals surface area contributed by atoms with Crippen LogP contribution < -0.4 is 0 Å². The van der Waals surface area contributed by atoms with Gasteiger partial charge >= 0.3 is 0 Å². The van der Waals surface area contributed by atoms with E-state index in [2.05, 4.69) is 69.1 Å². The molecule has 208 valence electrons. The number of aryl methyl sites for hydroxylation is 1. The zero-order valence-electron chi connectivity index (χ0n) is 30.1. The molecule has 2 heteroatoms. The van der Waals surface area contributed by atoms with Crippen LogP contribution in [0.3, 0.4) is 0 Å². The minimum Gasteiger partial charge on any atom is -0.455 e. The first kappa shape index (κ1) is 21.1. The average molecular weight is 545 g/mol. The van der Waals surface area contributed by atoms with Crippen molar-refractivity contribution in [3.63, 3.8) is 0 Å². The molecule has 0 radical (unpaired) electrons. The molecule has 0 saturated heterocycles. The predicted octanol–water partition coefficient (Wildman–Crippen LogP) is 11.2. The summed E-state index contributed by atoms with van der Waals surface area (Å²) in [5.41, 5.74) is 4.91. The lowest BCUT2D eigenvalue weighted by Gasteiger charge is -2.42. The van der Waals surface area contributed by atoms with Crippen LogP contribution in [0.1, 0.15) is 90.4 Å². The lowest BCUT2D eigenvalue weighted by Crippen LogP contribution is -2.33. The molecule has 7 rings (SSSR count). The molecule has 0 spiro atoms. The van der Waals surface area contributed by atoms with E-state index in [1.807, 2.05) is 18.2 Å².